The second-order valence-electron chi connectivity index (χ2n) is 8.94. The van der Waals surface area contributed by atoms with Gasteiger partial charge >= 0.3 is 0 Å². The van der Waals surface area contributed by atoms with Crippen molar-refractivity contribution in [2.24, 2.45) is 0 Å². The summed E-state index contributed by atoms with van der Waals surface area (Å²) in [5.41, 5.74) is 4.07. The topological polar surface area (TPSA) is 49.9 Å². The molecule has 0 bridgehead atoms. The van der Waals surface area contributed by atoms with E-state index in [4.69, 9.17) is 4.74 Å². The molecule has 0 saturated carbocycles. The van der Waals surface area contributed by atoms with E-state index in [1.807, 2.05) is 53.4 Å². The van der Waals surface area contributed by atoms with Crippen molar-refractivity contribution in [3.05, 3.63) is 87.1 Å². The third kappa shape index (κ3) is 5.59. The van der Waals surface area contributed by atoms with Crippen molar-refractivity contribution in [1.29, 1.82) is 0 Å². The number of fused-ring (bicyclic) bond motifs is 1. The molecule has 1 aliphatic heterocycles. The Morgan fingerprint density at radius 2 is 1.80 bits per heavy atom. The Labute approximate surface area is 212 Å². The Morgan fingerprint density at radius 3 is 2.46 bits per heavy atom. The van der Waals surface area contributed by atoms with E-state index in [2.05, 4.69) is 25.3 Å². The number of ether oxygens (including phenoxy) is 1. The minimum absolute atomic E-state index is 0.0164. The average Bonchev–Trinajstić information content (AvgIpc) is 3.39. The van der Waals surface area contributed by atoms with Gasteiger partial charge in [-0.1, -0.05) is 44.5 Å². The van der Waals surface area contributed by atoms with Crippen molar-refractivity contribution < 1.29 is 14.3 Å². The van der Waals surface area contributed by atoms with Gasteiger partial charge in [0.05, 0.1) is 13.2 Å². The normalized spacial score (nSPS) is 14.9. The molecular weight excluding hydrogens is 456 g/mol. The molecule has 1 aliphatic rings. The molecule has 6 heteroatoms. The highest BCUT2D eigenvalue weighted by Gasteiger charge is 2.34. The number of nitrogens with zero attached hydrogens (tertiary/aromatic N) is 2. The van der Waals surface area contributed by atoms with Crippen molar-refractivity contribution in [2.45, 2.75) is 45.6 Å². The van der Waals surface area contributed by atoms with Gasteiger partial charge in [-0.05, 0) is 71.7 Å². The van der Waals surface area contributed by atoms with Gasteiger partial charge in [-0.3, -0.25) is 9.59 Å². The summed E-state index contributed by atoms with van der Waals surface area (Å²) < 4.78 is 5.34. The molecular formula is C29H34N2O3S. The first-order valence-electron chi connectivity index (χ1n) is 12.4. The van der Waals surface area contributed by atoms with Crippen LogP contribution >= 0.6 is 11.3 Å². The van der Waals surface area contributed by atoms with Crippen LogP contribution in [-0.2, 0) is 17.6 Å². The van der Waals surface area contributed by atoms with E-state index in [1.165, 1.54) is 16.0 Å². The van der Waals surface area contributed by atoms with E-state index in [9.17, 15) is 9.59 Å². The molecule has 1 unspecified atom stereocenters. The molecule has 0 spiro atoms. The SMILES string of the molecule is CCCCN(CC(=O)N1CCc2sccc2C1c1ccc(OC)cc1)C(=O)c1ccc(CC)cc1. The summed E-state index contributed by atoms with van der Waals surface area (Å²) in [5, 5.41) is 2.10. The van der Waals surface area contributed by atoms with Crippen LogP contribution in [0.25, 0.3) is 0 Å². The first-order valence-corrected chi connectivity index (χ1v) is 13.3. The summed E-state index contributed by atoms with van der Waals surface area (Å²) >= 11 is 1.75. The molecule has 0 aliphatic carbocycles. The molecule has 1 atom stereocenters. The maximum Gasteiger partial charge on any atom is 0.254 e. The quantitative estimate of drug-likeness (QED) is 0.385. The predicted molar refractivity (Wildman–Crippen MR) is 141 cm³/mol. The van der Waals surface area contributed by atoms with Gasteiger partial charge in [-0.2, -0.15) is 0 Å². The first-order chi connectivity index (χ1) is 17.0. The van der Waals surface area contributed by atoms with Crippen LogP contribution in [0.4, 0.5) is 0 Å². The number of hydrogen-bond donors (Lipinski definition) is 0. The number of aryl methyl sites for hydroxylation is 1. The minimum Gasteiger partial charge on any atom is -0.497 e. The van der Waals surface area contributed by atoms with Gasteiger partial charge in [0.2, 0.25) is 5.91 Å². The van der Waals surface area contributed by atoms with Crippen molar-refractivity contribution in [3.8, 4) is 5.75 Å². The lowest BCUT2D eigenvalue weighted by Gasteiger charge is -2.37. The maximum atomic E-state index is 13.8. The molecule has 2 heterocycles. The zero-order valence-corrected chi connectivity index (χ0v) is 21.6. The predicted octanol–water partition coefficient (Wildman–Crippen LogP) is 5.74. The molecule has 0 fully saturated rings. The number of methoxy groups -OCH3 is 1. The van der Waals surface area contributed by atoms with Gasteiger partial charge in [0.15, 0.2) is 0 Å². The van der Waals surface area contributed by atoms with E-state index in [1.54, 1.807) is 23.3 Å². The van der Waals surface area contributed by atoms with Gasteiger partial charge in [-0.25, -0.2) is 0 Å². The smallest absolute Gasteiger partial charge is 0.254 e. The van der Waals surface area contributed by atoms with E-state index >= 15 is 0 Å². The number of hydrogen-bond acceptors (Lipinski definition) is 4. The molecule has 0 radical (unpaired) electrons. The highest BCUT2D eigenvalue weighted by atomic mass is 32.1. The summed E-state index contributed by atoms with van der Waals surface area (Å²) in [6.45, 7) is 5.49. The molecule has 184 valence electrons. The lowest BCUT2D eigenvalue weighted by atomic mass is 9.93. The molecule has 5 nitrogen and oxygen atoms in total. The van der Waals surface area contributed by atoms with Crippen LogP contribution in [0.3, 0.4) is 0 Å². The van der Waals surface area contributed by atoms with Crippen LogP contribution in [0, 0.1) is 0 Å². The molecule has 4 rings (SSSR count). The van der Waals surface area contributed by atoms with Gasteiger partial charge < -0.3 is 14.5 Å². The molecule has 2 aromatic carbocycles. The fourth-order valence-electron chi connectivity index (χ4n) is 4.65. The Kier molecular flexibility index (Phi) is 8.24. The van der Waals surface area contributed by atoms with Gasteiger partial charge in [0.25, 0.3) is 5.91 Å². The fraction of sp³-hybridized carbons (Fsp3) is 0.379. The van der Waals surface area contributed by atoms with Crippen LogP contribution < -0.4 is 4.74 Å². The zero-order chi connectivity index (χ0) is 24.8. The van der Waals surface area contributed by atoms with Gasteiger partial charge in [0, 0.05) is 23.5 Å². The number of benzene rings is 2. The molecule has 35 heavy (non-hydrogen) atoms. The lowest BCUT2D eigenvalue weighted by Crippen LogP contribution is -2.47. The van der Waals surface area contributed by atoms with E-state index in [-0.39, 0.29) is 24.4 Å². The summed E-state index contributed by atoms with van der Waals surface area (Å²) in [4.78, 5) is 32.1. The second kappa shape index (κ2) is 11.5. The largest absolute Gasteiger partial charge is 0.497 e. The molecule has 1 aromatic heterocycles. The van der Waals surface area contributed by atoms with Crippen LogP contribution in [-0.4, -0.2) is 48.4 Å². The van der Waals surface area contributed by atoms with Crippen LogP contribution in [0.15, 0.2) is 60.0 Å². The maximum absolute atomic E-state index is 13.8. The lowest BCUT2D eigenvalue weighted by molar-refractivity contribution is -0.134. The number of unbranched alkanes of at least 4 members (excludes halogenated alkanes) is 1. The molecule has 0 saturated heterocycles. The number of thiophene rings is 1. The monoisotopic (exact) mass is 490 g/mol. The first kappa shape index (κ1) is 25.0. The minimum atomic E-state index is -0.157. The fourth-order valence-corrected chi connectivity index (χ4v) is 5.56. The number of carbonyl (C=O) groups is 2. The van der Waals surface area contributed by atoms with Crippen molar-refractivity contribution in [3.63, 3.8) is 0 Å². The van der Waals surface area contributed by atoms with E-state index in [0.717, 1.165) is 37.0 Å². The third-order valence-electron chi connectivity index (χ3n) is 6.72. The van der Waals surface area contributed by atoms with Crippen molar-refractivity contribution in [1.82, 2.24) is 9.80 Å². The standard InChI is InChI=1S/C29H34N2O3S/c1-4-6-17-30(29(33)23-9-7-21(5-2)8-10-23)20-27(32)31-18-15-26-25(16-19-35-26)28(31)22-11-13-24(34-3)14-12-22/h7-14,16,19,28H,4-6,15,17-18,20H2,1-3H3. The Morgan fingerprint density at radius 1 is 1.06 bits per heavy atom. The number of rotatable bonds is 9. The summed E-state index contributed by atoms with van der Waals surface area (Å²) in [6, 6.07) is 17.7. The Bertz CT molecular complexity index is 1140. The average molecular weight is 491 g/mol. The highest BCUT2D eigenvalue weighted by Crippen LogP contribution is 2.38. The molecule has 2 amide bonds. The van der Waals surface area contributed by atoms with E-state index < -0.39 is 0 Å². The second-order valence-corrected chi connectivity index (χ2v) is 9.94. The van der Waals surface area contributed by atoms with Gasteiger partial charge in [0.1, 0.15) is 12.3 Å². The molecule has 0 N–H and O–H groups in total. The Hall–Kier alpha value is -3.12. The van der Waals surface area contributed by atoms with E-state index in [0.29, 0.717) is 18.7 Å². The highest BCUT2D eigenvalue weighted by molar-refractivity contribution is 7.10. The Balaban J connectivity index is 1.59. The summed E-state index contributed by atoms with van der Waals surface area (Å²) in [6.07, 6.45) is 3.59. The number of carbonyl (C=O) groups excluding carboxylic acids is 2. The number of amides is 2. The molecule has 3 aromatic rings. The summed E-state index contributed by atoms with van der Waals surface area (Å²) in [5.74, 6) is 0.694. The third-order valence-corrected chi connectivity index (χ3v) is 7.72. The summed E-state index contributed by atoms with van der Waals surface area (Å²) in [7, 11) is 1.65. The van der Waals surface area contributed by atoms with Gasteiger partial charge in [-0.15, -0.1) is 11.3 Å². The van der Waals surface area contributed by atoms with Crippen molar-refractivity contribution >= 4 is 23.2 Å². The zero-order valence-electron chi connectivity index (χ0n) is 20.8. The van der Waals surface area contributed by atoms with Crippen LogP contribution in [0.5, 0.6) is 5.75 Å². The van der Waals surface area contributed by atoms with Crippen LogP contribution in [0.2, 0.25) is 0 Å². The van der Waals surface area contributed by atoms with Crippen molar-refractivity contribution in [2.75, 3.05) is 26.7 Å². The van der Waals surface area contributed by atoms with Crippen LogP contribution in [0.1, 0.15) is 64.7 Å².